The van der Waals surface area contributed by atoms with Gasteiger partial charge in [-0.25, -0.2) is 0 Å². The van der Waals surface area contributed by atoms with Gasteiger partial charge in [-0.1, -0.05) is 298 Å². The van der Waals surface area contributed by atoms with E-state index < -0.39 is 6.10 Å². The van der Waals surface area contributed by atoms with E-state index in [4.69, 9.17) is 14.2 Å². The summed E-state index contributed by atoms with van der Waals surface area (Å²) in [5.41, 5.74) is 0. The van der Waals surface area contributed by atoms with Gasteiger partial charge in [0, 0.05) is 19.3 Å². The maximum atomic E-state index is 12.9. The van der Waals surface area contributed by atoms with Crippen LogP contribution in [0.3, 0.4) is 0 Å². The number of hydrogen-bond acceptors (Lipinski definition) is 6. The van der Waals surface area contributed by atoms with Gasteiger partial charge in [0.2, 0.25) is 0 Å². The minimum Gasteiger partial charge on any atom is -0.462 e. The van der Waals surface area contributed by atoms with Gasteiger partial charge in [0.05, 0.1) is 0 Å². The Morgan fingerprint density at radius 1 is 0.273 bits per heavy atom. The van der Waals surface area contributed by atoms with Gasteiger partial charge in [-0.15, -0.1) is 0 Å². The molecule has 0 saturated carbocycles. The summed E-state index contributed by atoms with van der Waals surface area (Å²) >= 11 is 0. The van der Waals surface area contributed by atoms with Crippen molar-refractivity contribution in [1.29, 1.82) is 0 Å². The predicted molar refractivity (Wildman–Crippen MR) is 334 cm³/mol. The molecular weight excluding hydrogens is 949 g/mol. The van der Waals surface area contributed by atoms with Crippen molar-refractivity contribution >= 4 is 17.9 Å². The molecule has 0 aromatic heterocycles. The van der Waals surface area contributed by atoms with Gasteiger partial charge in [0.15, 0.2) is 6.10 Å². The van der Waals surface area contributed by atoms with E-state index >= 15 is 0 Å². The Bertz CT molecular complexity index is 1510. The van der Waals surface area contributed by atoms with Crippen LogP contribution in [0, 0.1) is 0 Å². The Morgan fingerprint density at radius 3 is 0.805 bits per heavy atom. The van der Waals surface area contributed by atoms with E-state index in [0.29, 0.717) is 12.8 Å². The van der Waals surface area contributed by atoms with E-state index in [-0.39, 0.29) is 37.5 Å². The molecule has 1 unspecified atom stereocenters. The quantitative estimate of drug-likeness (QED) is 0.0261. The van der Waals surface area contributed by atoms with E-state index in [1.807, 2.05) is 0 Å². The number of allylic oxidation sites excluding steroid dienone is 16. The van der Waals surface area contributed by atoms with E-state index in [9.17, 15) is 14.4 Å². The molecule has 6 heteroatoms. The number of esters is 3. The highest BCUT2D eigenvalue weighted by molar-refractivity contribution is 5.71. The lowest BCUT2D eigenvalue weighted by Crippen LogP contribution is -2.30. The first-order valence-electron chi connectivity index (χ1n) is 32.7. The third kappa shape index (κ3) is 63.0. The van der Waals surface area contributed by atoms with Crippen LogP contribution in [0.2, 0.25) is 0 Å². The monoisotopic (exact) mass is 1070 g/mol. The molecule has 0 aliphatic carbocycles. The molecule has 0 fully saturated rings. The standard InChI is InChI=1S/C71H122O6/c1-4-7-10-13-16-19-22-25-28-31-33-34-35-36-38-40-43-46-49-52-55-58-61-64-70(73)76-67-68(66-75-69(72)63-60-57-54-51-48-45-42-39-30-27-24-21-18-15-12-9-6-3)77-71(74)65-62-59-56-53-50-47-44-41-37-32-29-26-23-20-17-14-11-8-5-2/h8-9,11-12,17-18,20-21,26-27,29-30,37,41,47,50,68H,4-7,10,13-16,19,22-25,28,31-36,38-40,42-46,48-49,51-67H2,1-3H3/b11-8-,12-9-,20-17-,21-18-,29-26-,30-27-,41-37-,50-47-. The van der Waals surface area contributed by atoms with Gasteiger partial charge < -0.3 is 14.2 Å². The molecule has 0 aromatic rings. The highest BCUT2D eigenvalue weighted by Gasteiger charge is 2.19. The molecule has 0 aliphatic rings. The highest BCUT2D eigenvalue weighted by Crippen LogP contribution is 2.17. The zero-order valence-electron chi connectivity index (χ0n) is 50.7. The van der Waals surface area contributed by atoms with Crippen molar-refractivity contribution in [3.63, 3.8) is 0 Å². The highest BCUT2D eigenvalue weighted by atomic mass is 16.6. The van der Waals surface area contributed by atoms with E-state index in [2.05, 4.69) is 118 Å². The van der Waals surface area contributed by atoms with Crippen LogP contribution in [0.15, 0.2) is 97.2 Å². The third-order valence-corrected chi connectivity index (χ3v) is 14.1. The van der Waals surface area contributed by atoms with Gasteiger partial charge in [0.1, 0.15) is 13.2 Å². The summed E-state index contributed by atoms with van der Waals surface area (Å²) < 4.78 is 16.9. The second-order valence-corrected chi connectivity index (χ2v) is 21.6. The summed E-state index contributed by atoms with van der Waals surface area (Å²) in [6.07, 6.45) is 87.0. The van der Waals surface area contributed by atoms with Gasteiger partial charge in [-0.3, -0.25) is 14.4 Å². The van der Waals surface area contributed by atoms with Crippen LogP contribution in [0.25, 0.3) is 0 Å². The van der Waals surface area contributed by atoms with E-state index in [1.165, 1.54) is 154 Å². The summed E-state index contributed by atoms with van der Waals surface area (Å²) in [7, 11) is 0. The maximum absolute atomic E-state index is 12.9. The average Bonchev–Trinajstić information content (AvgIpc) is 3.43. The Balaban J connectivity index is 4.40. The van der Waals surface area contributed by atoms with Crippen molar-refractivity contribution in [3.05, 3.63) is 97.2 Å². The molecule has 0 bridgehead atoms. The van der Waals surface area contributed by atoms with Crippen molar-refractivity contribution in [2.75, 3.05) is 13.2 Å². The summed E-state index contributed by atoms with van der Waals surface area (Å²) in [5, 5.41) is 0. The first-order valence-corrected chi connectivity index (χ1v) is 32.7. The molecule has 0 spiro atoms. The van der Waals surface area contributed by atoms with Crippen molar-refractivity contribution in [2.45, 2.75) is 322 Å². The SMILES string of the molecule is CC/C=C\C/C=C\C/C=C\C/C=C\C/C=C\CCCCCC(=O)OC(COC(=O)CCCCCCCCC/C=C\C/C=C\C/C=C\CC)COC(=O)CCCCCCCCCCCCCCCCCCCCCCCCC. The zero-order valence-corrected chi connectivity index (χ0v) is 50.7. The molecule has 0 rings (SSSR count). The van der Waals surface area contributed by atoms with E-state index in [1.54, 1.807) is 0 Å². The molecular formula is C71H122O6. The van der Waals surface area contributed by atoms with Crippen molar-refractivity contribution < 1.29 is 28.6 Å². The third-order valence-electron chi connectivity index (χ3n) is 14.1. The van der Waals surface area contributed by atoms with Crippen LogP contribution in [0.1, 0.15) is 316 Å². The van der Waals surface area contributed by atoms with E-state index in [0.717, 1.165) is 122 Å². The molecule has 0 heterocycles. The Labute approximate surface area is 477 Å². The van der Waals surface area contributed by atoms with Crippen LogP contribution in [-0.2, 0) is 28.6 Å². The second-order valence-electron chi connectivity index (χ2n) is 21.6. The number of ether oxygens (including phenoxy) is 3. The lowest BCUT2D eigenvalue weighted by molar-refractivity contribution is -0.167. The molecule has 0 radical (unpaired) electrons. The molecule has 0 amide bonds. The Kier molecular flexibility index (Phi) is 61.8. The fraction of sp³-hybridized carbons (Fsp3) is 0.732. The fourth-order valence-corrected chi connectivity index (χ4v) is 9.25. The largest absolute Gasteiger partial charge is 0.462 e. The average molecular weight is 1070 g/mol. The van der Waals surface area contributed by atoms with Gasteiger partial charge >= 0.3 is 17.9 Å². The molecule has 442 valence electrons. The number of hydrogen-bond donors (Lipinski definition) is 0. The number of rotatable bonds is 59. The van der Waals surface area contributed by atoms with Gasteiger partial charge in [-0.05, 0) is 96.3 Å². The lowest BCUT2D eigenvalue weighted by atomic mass is 10.0. The fourth-order valence-electron chi connectivity index (χ4n) is 9.25. The summed E-state index contributed by atoms with van der Waals surface area (Å²) in [5.74, 6) is -0.922. The smallest absolute Gasteiger partial charge is 0.306 e. The Morgan fingerprint density at radius 2 is 0.506 bits per heavy atom. The first kappa shape index (κ1) is 73.3. The minimum atomic E-state index is -0.801. The van der Waals surface area contributed by atoms with Crippen LogP contribution in [-0.4, -0.2) is 37.2 Å². The molecule has 0 saturated heterocycles. The number of carbonyl (C=O) groups is 3. The second kappa shape index (κ2) is 64.9. The molecule has 6 nitrogen and oxygen atoms in total. The van der Waals surface area contributed by atoms with Crippen molar-refractivity contribution in [2.24, 2.45) is 0 Å². The molecule has 0 aliphatic heterocycles. The van der Waals surface area contributed by atoms with Gasteiger partial charge in [-0.2, -0.15) is 0 Å². The normalized spacial score (nSPS) is 12.7. The Hall–Kier alpha value is -3.67. The van der Waals surface area contributed by atoms with Gasteiger partial charge in [0.25, 0.3) is 0 Å². The predicted octanol–water partition coefficient (Wildman–Crippen LogP) is 22.4. The number of carbonyl (C=O) groups excluding carboxylic acids is 3. The van der Waals surface area contributed by atoms with Crippen molar-refractivity contribution in [1.82, 2.24) is 0 Å². The lowest BCUT2D eigenvalue weighted by Gasteiger charge is -2.18. The summed E-state index contributed by atoms with van der Waals surface area (Å²) in [4.78, 5) is 38.4. The summed E-state index contributed by atoms with van der Waals surface area (Å²) in [6.45, 7) is 6.42. The first-order chi connectivity index (χ1) is 38.0. The summed E-state index contributed by atoms with van der Waals surface area (Å²) in [6, 6.07) is 0. The van der Waals surface area contributed by atoms with Crippen LogP contribution in [0.5, 0.6) is 0 Å². The van der Waals surface area contributed by atoms with Crippen LogP contribution in [0.4, 0.5) is 0 Å². The maximum Gasteiger partial charge on any atom is 0.306 e. The topological polar surface area (TPSA) is 78.9 Å². The van der Waals surface area contributed by atoms with Crippen LogP contribution >= 0.6 is 0 Å². The number of unbranched alkanes of at least 4 members (excludes halogenated alkanes) is 32. The molecule has 77 heavy (non-hydrogen) atoms. The van der Waals surface area contributed by atoms with Crippen LogP contribution < -0.4 is 0 Å². The van der Waals surface area contributed by atoms with Crippen molar-refractivity contribution in [3.8, 4) is 0 Å². The molecule has 0 N–H and O–H groups in total. The molecule has 0 aromatic carbocycles. The minimum absolute atomic E-state index is 0.0922. The zero-order chi connectivity index (χ0) is 55.7. The molecule has 1 atom stereocenters.